The second-order valence-electron chi connectivity index (χ2n) is 28.7. The molecule has 2 bridgehead atoms. The van der Waals surface area contributed by atoms with Crippen molar-refractivity contribution in [2.45, 2.75) is 259 Å². The molecule has 11 aliphatic rings. The molecule has 0 aromatic heterocycles. The molecule has 6 aliphatic heterocycles. The Morgan fingerprint density at radius 1 is 0.494 bits per heavy atom. The van der Waals surface area contributed by atoms with E-state index in [0.717, 1.165) is 38.5 Å². The monoisotopic (exact) mass is 1220 g/mol. The number of hydrogen-bond acceptors (Lipinski definition) is 27. The fraction of sp³-hybridized carbons (Fsp3) is 0.983. The summed E-state index contributed by atoms with van der Waals surface area (Å²) in [5.74, 6) is 0.419. The second-order valence-corrected chi connectivity index (χ2v) is 28.7. The fourth-order valence-electron chi connectivity index (χ4n) is 18.6. The minimum absolute atomic E-state index is 0.0738. The minimum atomic E-state index is -2.11. The van der Waals surface area contributed by atoms with Gasteiger partial charge in [0, 0.05) is 23.2 Å². The Kier molecular flexibility index (Phi) is 18.1. The lowest BCUT2D eigenvalue weighted by Crippen LogP contribution is -2.73. The zero-order valence-electron chi connectivity index (χ0n) is 49.2. The van der Waals surface area contributed by atoms with Crippen LogP contribution in [0.4, 0.5) is 0 Å². The number of Topliss-reactive ketones (excluding diaryl/α,β-unsaturated/α-hetero) is 1. The number of fused-ring (bicyclic) bond motifs is 4. The highest BCUT2D eigenvalue weighted by atomic mass is 16.8. The maximum atomic E-state index is 14.8. The van der Waals surface area contributed by atoms with Crippen LogP contribution in [0.3, 0.4) is 0 Å². The van der Waals surface area contributed by atoms with Gasteiger partial charge in [-0.1, -0.05) is 41.5 Å². The van der Waals surface area contributed by atoms with Crippen molar-refractivity contribution < 1.29 is 133 Å². The zero-order valence-corrected chi connectivity index (χ0v) is 49.2. The van der Waals surface area contributed by atoms with Crippen LogP contribution in [0, 0.1) is 50.2 Å². The summed E-state index contributed by atoms with van der Waals surface area (Å²) in [5, 5.41) is 164. The van der Waals surface area contributed by atoms with Crippen LogP contribution in [0.1, 0.15) is 106 Å². The lowest BCUT2D eigenvalue weighted by molar-refractivity contribution is -0.398. The van der Waals surface area contributed by atoms with Crippen LogP contribution in [0.5, 0.6) is 0 Å². The number of aliphatic hydroxyl groups is 15. The van der Waals surface area contributed by atoms with Crippen LogP contribution in [-0.4, -0.2) is 282 Å². The summed E-state index contributed by atoms with van der Waals surface area (Å²) in [4.78, 5) is 14.8. The Labute approximate surface area is 493 Å². The van der Waals surface area contributed by atoms with Crippen LogP contribution in [-0.2, 0) is 56.9 Å². The molecular formula is C58H94O27. The van der Waals surface area contributed by atoms with Crippen molar-refractivity contribution in [3.63, 3.8) is 0 Å². The third kappa shape index (κ3) is 10.2. The number of hydrogen-bond donors (Lipinski definition) is 15. The van der Waals surface area contributed by atoms with E-state index in [1.165, 1.54) is 0 Å². The Morgan fingerprint density at radius 2 is 1.06 bits per heavy atom. The van der Waals surface area contributed by atoms with Gasteiger partial charge in [0.15, 0.2) is 31.5 Å². The minimum Gasteiger partial charge on any atom is -0.396 e. The summed E-state index contributed by atoms with van der Waals surface area (Å²) in [7, 11) is 0. The third-order valence-electron chi connectivity index (χ3n) is 23.9. The molecule has 33 atom stereocenters. The first-order valence-corrected chi connectivity index (χ1v) is 30.6. The summed E-state index contributed by atoms with van der Waals surface area (Å²) in [6.45, 7) is 10.1. The van der Waals surface area contributed by atoms with E-state index in [4.69, 9.17) is 52.1 Å². The van der Waals surface area contributed by atoms with Gasteiger partial charge in [0.25, 0.3) is 0 Å². The molecule has 15 N–H and O–H groups in total. The number of carbonyl (C=O) groups excluding carboxylic acids is 1. The van der Waals surface area contributed by atoms with Crippen molar-refractivity contribution in [1.29, 1.82) is 0 Å². The van der Waals surface area contributed by atoms with Gasteiger partial charge in [-0.15, -0.1) is 0 Å². The molecule has 85 heavy (non-hydrogen) atoms. The molecule has 0 aromatic carbocycles. The second kappa shape index (κ2) is 23.6. The van der Waals surface area contributed by atoms with Crippen molar-refractivity contribution in [3.05, 3.63) is 0 Å². The van der Waals surface area contributed by atoms with Gasteiger partial charge < -0.3 is 129 Å². The maximum absolute atomic E-state index is 14.8. The molecule has 0 amide bonds. The Morgan fingerprint density at radius 3 is 1.73 bits per heavy atom. The highest BCUT2D eigenvalue weighted by Gasteiger charge is 2.80. The third-order valence-corrected chi connectivity index (χ3v) is 23.9. The molecule has 11 fully saturated rings. The van der Waals surface area contributed by atoms with E-state index in [-0.39, 0.29) is 40.6 Å². The van der Waals surface area contributed by atoms with Crippen molar-refractivity contribution >= 4 is 5.78 Å². The van der Waals surface area contributed by atoms with E-state index < -0.39 is 202 Å². The van der Waals surface area contributed by atoms with E-state index >= 15 is 0 Å². The first-order valence-electron chi connectivity index (χ1n) is 30.6. The van der Waals surface area contributed by atoms with Crippen LogP contribution in [0.25, 0.3) is 0 Å². The lowest BCUT2D eigenvalue weighted by Gasteiger charge is -2.74. The van der Waals surface area contributed by atoms with Crippen LogP contribution in [0.15, 0.2) is 0 Å². The Balaban J connectivity index is 0.866. The molecule has 11 rings (SSSR count). The number of aliphatic hydroxyl groups excluding tert-OH is 15. The van der Waals surface area contributed by atoms with Crippen molar-refractivity contribution in [2.75, 3.05) is 46.2 Å². The molecule has 6 heterocycles. The van der Waals surface area contributed by atoms with E-state index in [2.05, 4.69) is 34.6 Å². The van der Waals surface area contributed by atoms with Gasteiger partial charge >= 0.3 is 0 Å². The molecule has 27 nitrogen and oxygen atoms in total. The van der Waals surface area contributed by atoms with Crippen molar-refractivity contribution in [2.24, 2.45) is 50.2 Å². The molecule has 488 valence electrons. The first kappa shape index (κ1) is 65.1. The highest BCUT2D eigenvalue weighted by Crippen LogP contribution is 2.80. The Bertz CT molecular complexity index is 2360. The number of rotatable bonds is 14. The van der Waals surface area contributed by atoms with Crippen LogP contribution in [0.2, 0.25) is 0 Å². The van der Waals surface area contributed by atoms with Gasteiger partial charge in [-0.3, -0.25) is 4.79 Å². The summed E-state index contributed by atoms with van der Waals surface area (Å²) in [5.41, 5.74) is -2.97. The molecule has 6 saturated heterocycles. The van der Waals surface area contributed by atoms with Gasteiger partial charge in [-0.2, -0.15) is 0 Å². The maximum Gasteiger partial charge on any atom is 0.187 e. The largest absolute Gasteiger partial charge is 0.396 e. The number of carbonyl (C=O) groups is 1. The van der Waals surface area contributed by atoms with E-state index in [0.29, 0.717) is 38.1 Å². The lowest BCUT2D eigenvalue weighted by atomic mass is 9.30. The molecule has 5 aliphatic carbocycles. The molecule has 1 spiro atoms. The normalized spacial score (nSPS) is 56.8. The smallest absolute Gasteiger partial charge is 0.187 e. The molecular weight excluding hydrogens is 1130 g/mol. The fourth-order valence-corrected chi connectivity index (χ4v) is 18.6. The van der Waals surface area contributed by atoms with E-state index in [9.17, 15) is 81.4 Å². The molecule has 27 heteroatoms. The molecule has 0 aromatic rings. The van der Waals surface area contributed by atoms with Gasteiger partial charge in [0.05, 0.1) is 63.4 Å². The zero-order chi connectivity index (χ0) is 61.5. The van der Waals surface area contributed by atoms with Crippen LogP contribution < -0.4 is 0 Å². The standard InChI is InChI=1S/C58H94O27/c1-52(2)13-14-57-23-77-58(31(57)15-52)12-8-30-53(3)10-9-33(54(4,22-62)29(53)7-11-55(30,5)56(58,6)16-32(57)64)82-50-45(85-49-43(74)40(71)44(27(19-61)80-49)83-48-42(73)38(69)35(66)25(17-59)78-48)37(68)28(21-76-50)81-51-46(39(70)36(67)26(18-60)79-51)84-47-41(72)34(65)24(63)20-75-47/h24-31,33-51,59-63,65-74H,7-23H2,1-6H3/t24-,25-,26-,27-,28+,29-,30-,31-,33+,34+,35-,36-,37+,38+,39+,40-,41-,42-,43-,44-,45-,46-,47+,48+,49+,50+,51+,53+,54+,55-,56+,57-,58+/m1/s1. The molecule has 0 unspecified atom stereocenters. The van der Waals surface area contributed by atoms with Gasteiger partial charge in [0.1, 0.15) is 116 Å². The number of ketones is 1. The highest BCUT2D eigenvalue weighted by molar-refractivity contribution is 5.88. The summed E-state index contributed by atoms with van der Waals surface area (Å²) in [6.07, 6.45) is -34.4. The van der Waals surface area contributed by atoms with E-state index in [1.54, 1.807) is 0 Å². The average Bonchev–Trinajstić information content (AvgIpc) is 1.64. The predicted octanol–water partition coefficient (Wildman–Crippen LogP) is -4.07. The molecule has 0 radical (unpaired) electrons. The quantitative estimate of drug-likeness (QED) is 0.0736. The topological polar surface area (TPSA) is 422 Å². The summed E-state index contributed by atoms with van der Waals surface area (Å²) >= 11 is 0. The van der Waals surface area contributed by atoms with Gasteiger partial charge in [0.2, 0.25) is 0 Å². The SMILES string of the molecule is CC1(C)CC[C@]23CO[C@@]4(CC[C@@H]5[C@@]6(C)CC[C@H](O[C@@H]7OC[C@H](O[C@@H]8O[C@H](CO)[C@@H](O)[C@H](O)[C@H]8O[C@@H]8OC[C@@H](O)[C@H](O)[C@H]8O)[C@H](O)[C@H]7O[C@@H]7O[C@H](CO)[C@@H](O[C@@H]8O[C@H](CO)[C@@H](O)[C@H](O)[C@H]8O)[C@H](O)[C@H]7O)[C@@](C)(CO)[C@@H]6CC[C@@]5(C)[C@]4(C)CC2=O)[C@@H]3C1. The number of ether oxygens (including phenoxy) is 11. The first-order chi connectivity index (χ1) is 40.0. The predicted molar refractivity (Wildman–Crippen MR) is 283 cm³/mol. The van der Waals surface area contributed by atoms with Gasteiger partial charge in [-0.05, 0) is 85.9 Å². The van der Waals surface area contributed by atoms with Gasteiger partial charge in [-0.25, -0.2) is 0 Å². The Hall–Kier alpha value is -1.37. The summed E-state index contributed by atoms with van der Waals surface area (Å²) < 4.78 is 67.7. The molecule has 5 saturated carbocycles. The van der Waals surface area contributed by atoms with E-state index in [1.807, 2.05) is 6.92 Å². The van der Waals surface area contributed by atoms with Crippen molar-refractivity contribution in [3.8, 4) is 0 Å². The summed E-state index contributed by atoms with van der Waals surface area (Å²) in [6, 6.07) is 0. The average molecular weight is 1220 g/mol. The van der Waals surface area contributed by atoms with Crippen LogP contribution >= 0.6 is 0 Å². The van der Waals surface area contributed by atoms with Crippen molar-refractivity contribution in [1.82, 2.24) is 0 Å².